The Morgan fingerprint density at radius 1 is 0.568 bits per heavy atom. The molecule has 13 nitrogen and oxygen atoms in total. The van der Waals surface area contributed by atoms with Crippen LogP contribution in [0.4, 0.5) is 0 Å². The average Bonchev–Trinajstić information content (AvgIpc) is 3.66. The summed E-state index contributed by atoms with van der Waals surface area (Å²) in [5, 5.41) is 0. The molecule has 4 aliphatic heterocycles. The van der Waals surface area contributed by atoms with Crippen molar-refractivity contribution < 1.29 is 43.1 Å². The minimum absolute atomic E-state index is 0.146. The summed E-state index contributed by atoms with van der Waals surface area (Å²) in [4.78, 5) is 96.9. The molecule has 0 aromatic heterocycles. The molecule has 3 unspecified atom stereocenters. The van der Waals surface area contributed by atoms with E-state index in [1.807, 2.05) is 20.8 Å². The molecule has 3 atom stereocenters. The van der Waals surface area contributed by atoms with Gasteiger partial charge >= 0.3 is 0 Å². The van der Waals surface area contributed by atoms with Crippen LogP contribution in [-0.2, 0) is 43.1 Å². The Kier molecular flexibility index (Phi) is 11.0. The molecule has 0 fully saturated rings. The summed E-state index contributed by atoms with van der Waals surface area (Å²) in [5.74, 6) is -2.26. The molecule has 4 heterocycles. The summed E-state index contributed by atoms with van der Waals surface area (Å²) >= 11 is 0. The van der Waals surface area contributed by atoms with Gasteiger partial charge in [-0.3, -0.25) is 58.0 Å². The van der Waals surface area contributed by atoms with E-state index in [4.69, 9.17) is 4.74 Å². The first-order valence-electron chi connectivity index (χ1n) is 14.4. The van der Waals surface area contributed by atoms with Crippen molar-refractivity contribution in [2.45, 2.75) is 59.5 Å². The molecular formula is C31H38N4O9. The van der Waals surface area contributed by atoms with E-state index < -0.39 is 12.1 Å². The molecule has 0 aromatic carbocycles. The Morgan fingerprint density at radius 2 is 0.909 bits per heavy atom. The number of hydrogen-bond acceptors (Lipinski definition) is 9. The molecule has 13 heteroatoms. The van der Waals surface area contributed by atoms with Crippen LogP contribution in [0.5, 0.6) is 0 Å². The predicted octanol–water partition coefficient (Wildman–Crippen LogP) is 0.909. The maximum atomic E-state index is 11.6. The third-order valence-electron chi connectivity index (χ3n) is 7.42. The van der Waals surface area contributed by atoms with Crippen LogP contribution in [0.25, 0.3) is 0 Å². The van der Waals surface area contributed by atoms with E-state index in [1.54, 1.807) is 13.8 Å². The summed E-state index contributed by atoms with van der Waals surface area (Å²) in [6.45, 7) is 10.5. The van der Waals surface area contributed by atoms with E-state index >= 15 is 0 Å². The number of imide groups is 4. The third-order valence-corrected chi connectivity index (χ3v) is 7.42. The highest BCUT2D eigenvalue weighted by molar-refractivity contribution is 6.14. The van der Waals surface area contributed by atoms with Gasteiger partial charge in [0.2, 0.25) is 0 Å². The van der Waals surface area contributed by atoms with Crippen molar-refractivity contribution >= 4 is 47.3 Å². The first kappa shape index (κ1) is 34.0. The normalized spacial score (nSPS) is 20.1. The van der Waals surface area contributed by atoms with Crippen molar-refractivity contribution in [3.63, 3.8) is 0 Å². The summed E-state index contributed by atoms with van der Waals surface area (Å²) < 4.78 is 5.43. The maximum Gasteiger partial charge on any atom is 0.253 e. The smallest absolute Gasteiger partial charge is 0.253 e. The Bertz CT molecular complexity index is 1240. The second-order valence-electron chi connectivity index (χ2n) is 12.0. The van der Waals surface area contributed by atoms with Crippen molar-refractivity contribution in [1.82, 2.24) is 19.6 Å². The lowest BCUT2D eigenvalue weighted by molar-refractivity contribution is -0.142. The first-order chi connectivity index (χ1) is 20.6. The van der Waals surface area contributed by atoms with Crippen LogP contribution in [0.15, 0.2) is 48.6 Å². The van der Waals surface area contributed by atoms with Crippen molar-refractivity contribution in [1.29, 1.82) is 0 Å². The standard InChI is InChI=1S/C17H22N2O4.C14H16N2O5/c1-12(8-9-18-13(20)4-5-14(18)21)10-17(2,3)11-19-15(22)6-7-16(19)23;1-9(15-11(17)3-4-12(15)18)7-21-8-10(2)16-13(19)5-6-14(16)20/h4-7,12H,8-11H2,1-3H3;3-6,9-10H,7-8H2,1-2H3. The first-order valence-corrected chi connectivity index (χ1v) is 14.4. The molecule has 0 saturated heterocycles. The zero-order valence-corrected chi connectivity index (χ0v) is 25.6. The Hall–Kier alpha value is -4.52. The predicted molar refractivity (Wildman–Crippen MR) is 156 cm³/mol. The summed E-state index contributed by atoms with van der Waals surface area (Å²) in [5.41, 5.74) is -0.228. The van der Waals surface area contributed by atoms with Gasteiger partial charge < -0.3 is 4.74 Å². The highest BCUT2D eigenvalue weighted by Gasteiger charge is 2.33. The van der Waals surface area contributed by atoms with Crippen LogP contribution < -0.4 is 0 Å². The summed E-state index contributed by atoms with van der Waals surface area (Å²) in [7, 11) is 0. The van der Waals surface area contributed by atoms with Gasteiger partial charge in [0.1, 0.15) is 0 Å². The topological polar surface area (TPSA) is 159 Å². The van der Waals surface area contributed by atoms with E-state index in [2.05, 4.69) is 0 Å². The number of rotatable bonds is 13. The van der Waals surface area contributed by atoms with Gasteiger partial charge in [0, 0.05) is 61.7 Å². The van der Waals surface area contributed by atoms with Gasteiger partial charge in [-0.05, 0) is 38.0 Å². The van der Waals surface area contributed by atoms with E-state index in [9.17, 15) is 38.4 Å². The fourth-order valence-corrected chi connectivity index (χ4v) is 5.38. The minimum Gasteiger partial charge on any atom is -0.377 e. The number of amides is 8. The van der Waals surface area contributed by atoms with Crippen molar-refractivity contribution in [2.24, 2.45) is 11.3 Å². The van der Waals surface area contributed by atoms with Crippen LogP contribution in [-0.4, -0.2) is 105 Å². The molecule has 4 rings (SSSR count). The Morgan fingerprint density at radius 3 is 1.30 bits per heavy atom. The second-order valence-corrected chi connectivity index (χ2v) is 12.0. The average molecular weight is 611 g/mol. The quantitative estimate of drug-likeness (QED) is 0.276. The van der Waals surface area contributed by atoms with Gasteiger partial charge in [0.15, 0.2) is 0 Å². The molecular weight excluding hydrogens is 572 g/mol. The Balaban J connectivity index is 0.000000241. The van der Waals surface area contributed by atoms with Crippen LogP contribution in [0, 0.1) is 11.3 Å². The van der Waals surface area contributed by atoms with Gasteiger partial charge in [0.05, 0.1) is 25.3 Å². The molecule has 0 bridgehead atoms. The number of carbonyl (C=O) groups is 8. The molecule has 0 spiro atoms. The maximum absolute atomic E-state index is 11.6. The van der Waals surface area contributed by atoms with Gasteiger partial charge in [-0.1, -0.05) is 20.8 Å². The second kappa shape index (κ2) is 14.3. The molecule has 0 N–H and O–H groups in total. The molecule has 0 aromatic rings. The summed E-state index contributed by atoms with van der Waals surface area (Å²) in [6, 6.07) is -0.814. The van der Waals surface area contributed by atoms with Crippen LogP contribution in [0.1, 0.15) is 47.5 Å². The van der Waals surface area contributed by atoms with Gasteiger partial charge in [0.25, 0.3) is 47.3 Å². The highest BCUT2D eigenvalue weighted by Crippen LogP contribution is 2.29. The number of carbonyl (C=O) groups excluding carboxylic acids is 8. The zero-order valence-electron chi connectivity index (χ0n) is 25.6. The lowest BCUT2D eigenvalue weighted by Gasteiger charge is -2.32. The van der Waals surface area contributed by atoms with Gasteiger partial charge in [-0.2, -0.15) is 0 Å². The fourth-order valence-electron chi connectivity index (χ4n) is 5.38. The Labute approximate surface area is 255 Å². The van der Waals surface area contributed by atoms with Gasteiger partial charge in [-0.15, -0.1) is 0 Å². The monoisotopic (exact) mass is 610 g/mol. The highest BCUT2D eigenvalue weighted by atomic mass is 16.5. The third kappa shape index (κ3) is 8.53. The largest absolute Gasteiger partial charge is 0.377 e. The number of nitrogens with zero attached hydrogens (tertiary/aromatic N) is 4. The lowest BCUT2D eigenvalue weighted by atomic mass is 9.81. The van der Waals surface area contributed by atoms with E-state index in [-0.39, 0.29) is 71.8 Å². The molecule has 236 valence electrons. The molecule has 8 amide bonds. The van der Waals surface area contributed by atoms with Gasteiger partial charge in [-0.25, -0.2) is 0 Å². The molecule has 0 radical (unpaired) electrons. The van der Waals surface area contributed by atoms with Crippen LogP contribution in [0.2, 0.25) is 0 Å². The van der Waals surface area contributed by atoms with Crippen LogP contribution in [0.3, 0.4) is 0 Å². The van der Waals surface area contributed by atoms with E-state index in [1.165, 1.54) is 58.4 Å². The number of ether oxygens (including phenoxy) is 1. The molecule has 44 heavy (non-hydrogen) atoms. The zero-order chi connectivity index (χ0) is 32.8. The summed E-state index contributed by atoms with van der Waals surface area (Å²) in [6.07, 6.45) is 11.5. The van der Waals surface area contributed by atoms with Crippen LogP contribution >= 0.6 is 0 Å². The SMILES string of the molecule is CC(CCN1C(=O)C=CC1=O)CC(C)(C)CN1C(=O)C=CC1=O.CC(COCC(C)N1C(=O)C=CC1=O)N1C(=O)C=CC1=O. The molecule has 0 aliphatic carbocycles. The minimum atomic E-state index is -0.407. The molecule has 4 aliphatic rings. The van der Waals surface area contributed by atoms with Crippen molar-refractivity contribution in [3.05, 3.63) is 48.6 Å². The van der Waals surface area contributed by atoms with Crippen molar-refractivity contribution in [3.8, 4) is 0 Å². The number of hydrogen-bond donors (Lipinski definition) is 0. The van der Waals surface area contributed by atoms with Crippen molar-refractivity contribution in [2.75, 3.05) is 26.3 Å². The lowest BCUT2D eigenvalue weighted by Crippen LogP contribution is -2.43. The van der Waals surface area contributed by atoms with E-state index in [0.717, 1.165) is 16.2 Å². The molecule has 0 saturated carbocycles. The van der Waals surface area contributed by atoms with E-state index in [0.29, 0.717) is 19.5 Å². The fraction of sp³-hybridized carbons (Fsp3) is 0.484.